The number of nitrogens with one attached hydrogen (secondary N) is 1. The molecule has 0 saturated carbocycles. The molecule has 0 heterocycles. The van der Waals surface area contributed by atoms with Crippen LogP contribution in [0, 0.1) is 17.9 Å². The molecule has 0 radical (unpaired) electrons. The lowest BCUT2D eigenvalue weighted by Crippen LogP contribution is -2.11. The summed E-state index contributed by atoms with van der Waals surface area (Å²) in [5.74, 6) is -0.239. The van der Waals surface area contributed by atoms with Crippen molar-refractivity contribution in [2.24, 2.45) is 0 Å². The van der Waals surface area contributed by atoms with Crippen LogP contribution in [0.4, 0.5) is 5.69 Å². The number of allylic oxidation sites excluding steroid dienone is 1. The van der Waals surface area contributed by atoms with Crippen molar-refractivity contribution in [1.29, 1.82) is 5.26 Å². The number of carbonyl (C=O) groups excluding carboxylic acids is 1. The Balaban J connectivity index is 2.85. The second-order valence-electron chi connectivity index (χ2n) is 3.61. The van der Waals surface area contributed by atoms with E-state index in [1.54, 1.807) is 37.3 Å². The number of rotatable bonds is 3. The molecule has 18 heavy (non-hydrogen) atoms. The minimum absolute atomic E-state index is 0.0220. The first-order valence-electron chi connectivity index (χ1n) is 5.13. The fourth-order valence-corrected chi connectivity index (χ4v) is 1.15. The molecule has 0 aliphatic rings. The highest BCUT2D eigenvalue weighted by atomic mass is 16.1. The smallest absolute Gasteiger partial charge is 0.262 e. The lowest BCUT2D eigenvalue weighted by Gasteiger charge is -2.04. The monoisotopic (exact) mass is 237 g/mol. The fraction of sp³-hybridized carbons (Fsp3) is 0.0714. The molecule has 1 rings (SSSR count). The topological polar surface area (TPSA) is 57.2 Å². The second kappa shape index (κ2) is 6.03. The predicted molar refractivity (Wildman–Crippen MR) is 70.1 cm³/mol. The van der Waals surface area contributed by atoms with Gasteiger partial charge in [0.05, 0.1) is 12.6 Å². The quantitative estimate of drug-likeness (QED) is 0.499. The van der Waals surface area contributed by atoms with Crippen LogP contribution < -0.4 is 5.32 Å². The van der Waals surface area contributed by atoms with Crippen molar-refractivity contribution in [3.8, 4) is 6.07 Å². The van der Waals surface area contributed by atoms with Crippen molar-refractivity contribution in [2.45, 2.75) is 6.92 Å². The molecule has 88 valence electrons. The Bertz CT molecular complexity index is 567. The minimum Gasteiger partial charge on any atom is -0.322 e. The molecular weight excluding hydrogens is 226 g/mol. The van der Waals surface area contributed by atoms with Gasteiger partial charge in [-0.1, -0.05) is 18.7 Å². The number of carbonyl (C=O) groups is 1. The first-order chi connectivity index (χ1) is 8.56. The van der Waals surface area contributed by atoms with Crippen LogP contribution in [0.1, 0.15) is 12.5 Å². The molecule has 0 spiro atoms. The minimum atomic E-state index is -0.239. The largest absolute Gasteiger partial charge is 0.322 e. The van der Waals surface area contributed by atoms with E-state index in [1.807, 2.05) is 0 Å². The normalized spacial score (nSPS) is 10.1. The average Bonchev–Trinajstić information content (AvgIpc) is 2.37. The van der Waals surface area contributed by atoms with Crippen LogP contribution in [0.25, 0.3) is 10.9 Å². The molecule has 0 bridgehead atoms. The van der Waals surface area contributed by atoms with Crippen LogP contribution in [-0.4, -0.2) is 5.91 Å². The van der Waals surface area contributed by atoms with Crippen LogP contribution in [0.5, 0.6) is 0 Å². The van der Waals surface area contributed by atoms with Gasteiger partial charge in [-0.15, -0.1) is 0 Å². The highest BCUT2D eigenvalue weighted by molar-refractivity contribution is 6.02. The van der Waals surface area contributed by atoms with Gasteiger partial charge in [0.1, 0.15) is 0 Å². The summed E-state index contributed by atoms with van der Waals surface area (Å²) >= 11 is 0. The molecular formula is C14H11N3O. The third-order valence-electron chi connectivity index (χ3n) is 2.09. The van der Waals surface area contributed by atoms with Gasteiger partial charge in [0.25, 0.3) is 11.6 Å². The SMILES string of the molecule is [C-]#[N+]C(C#N)=Cc1ccc(NC(=O)C(=C)C)cc1. The third kappa shape index (κ3) is 3.62. The van der Waals surface area contributed by atoms with Crippen molar-refractivity contribution < 1.29 is 4.79 Å². The summed E-state index contributed by atoms with van der Waals surface area (Å²) in [4.78, 5) is 14.4. The van der Waals surface area contributed by atoms with Crippen molar-refractivity contribution in [3.63, 3.8) is 0 Å². The first kappa shape index (κ1) is 13.2. The summed E-state index contributed by atoms with van der Waals surface area (Å²) in [7, 11) is 0. The van der Waals surface area contributed by atoms with Crippen LogP contribution in [-0.2, 0) is 4.79 Å². The molecule has 0 fully saturated rings. The first-order valence-corrected chi connectivity index (χ1v) is 5.13. The van der Waals surface area contributed by atoms with Gasteiger partial charge in [-0.3, -0.25) is 4.79 Å². The van der Waals surface area contributed by atoms with Gasteiger partial charge in [-0.2, -0.15) is 0 Å². The van der Waals surface area contributed by atoms with Crippen molar-refractivity contribution in [2.75, 3.05) is 5.32 Å². The molecule has 0 unspecified atom stereocenters. The summed E-state index contributed by atoms with van der Waals surface area (Å²) in [5, 5.41) is 11.3. The predicted octanol–water partition coefficient (Wildman–Crippen LogP) is 2.98. The summed E-state index contributed by atoms with van der Waals surface area (Å²) in [5.41, 5.74) is 1.82. The molecule has 1 amide bonds. The number of hydrogen-bond acceptors (Lipinski definition) is 2. The van der Waals surface area contributed by atoms with Crippen LogP contribution in [0.2, 0.25) is 0 Å². The van der Waals surface area contributed by atoms with E-state index in [2.05, 4.69) is 16.7 Å². The van der Waals surface area contributed by atoms with Crippen LogP contribution in [0.15, 0.2) is 42.1 Å². The maximum atomic E-state index is 11.4. The van der Waals surface area contributed by atoms with E-state index in [1.165, 1.54) is 6.08 Å². The van der Waals surface area contributed by atoms with Crippen molar-refractivity contribution in [3.05, 3.63) is 59.1 Å². The van der Waals surface area contributed by atoms with E-state index >= 15 is 0 Å². The Morgan fingerprint density at radius 1 is 1.50 bits per heavy atom. The van der Waals surface area contributed by atoms with E-state index < -0.39 is 0 Å². The molecule has 0 aromatic heterocycles. The number of nitriles is 1. The standard InChI is InChI=1S/C14H11N3O/c1-10(2)14(18)17-12-6-4-11(5-7-12)8-13(9-15)16-3/h4-8H,1H2,2H3,(H,17,18). The summed E-state index contributed by atoms with van der Waals surface area (Å²) in [6.45, 7) is 11.9. The summed E-state index contributed by atoms with van der Waals surface area (Å²) in [6, 6.07) is 8.63. The molecule has 1 N–H and O–H groups in total. The zero-order valence-electron chi connectivity index (χ0n) is 9.90. The molecule has 0 saturated heterocycles. The maximum absolute atomic E-state index is 11.4. The van der Waals surface area contributed by atoms with E-state index in [9.17, 15) is 4.79 Å². The zero-order valence-corrected chi connectivity index (χ0v) is 9.90. The van der Waals surface area contributed by atoms with E-state index in [4.69, 9.17) is 11.8 Å². The van der Waals surface area contributed by atoms with Gasteiger partial charge in [0.15, 0.2) is 0 Å². The van der Waals surface area contributed by atoms with Gasteiger partial charge in [-0.25, -0.2) is 10.1 Å². The Kier molecular flexibility index (Phi) is 4.42. The van der Waals surface area contributed by atoms with Gasteiger partial charge in [0, 0.05) is 11.3 Å². The Labute approximate surface area is 106 Å². The fourth-order valence-electron chi connectivity index (χ4n) is 1.15. The van der Waals surface area contributed by atoms with E-state index in [0.717, 1.165) is 5.56 Å². The molecule has 0 atom stereocenters. The molecule has 0 aliphatic heterocycles. The lowest BCUT2D eigenvalue weighted by atomic mass is 10.1. The molecule has 1 aromatic carbocycles. The molecule has 1 aromatic rings. The van der Waals surface area contributed by atoms with E-state index in [-0.39, 0.29) is 11.6 Å². The Morgan fingerprint density at radius 3 is 2.56 bits per heavy atom. The molecule has 4 heteroatoms. The van der Waals surface area contributed by atoms with Gasteiger partial charge in [-0.05, 0) is 30.7 Å². The Morgan fingerprint density at radius 2 is 2.11 bits per heavy atom. The number of hydrogen-bond donors (Lipinski definition) is 1. The van der Waals surface area contributed by atoms with Crippen molar-refractivity contribution in [1.82, 2.24) is 0 Å². The zero-order chi connectivity index (χ0) is 13.5. The lowest BCUT2D eigenvalue weighted by molar-refractivity contribution is -0.112. The summed E-state index contributed by atoms with van der Waals surface area (Å²) < 4.78 is 0. The Hall–Kier alpha value is -2.85. The highest BCUT2D eigenvalue weighted by Gasteiger charge is 2.02. The number of nitrogens with zero attached hydrogens (tertiary/aromatic N) is 2. The average molecular weight is 237 g/mol. The van der Waals surface area contributed by atoms with Crippen LogP contribution in [0.3, 0.4) is 0 Å². The van der Waals surface area contributed by atoms with E-state index in [0.29, 0.717) is 11.3 Å². The van der Waals surface area contributed by atoms with Gasteiger partial charge >= 0.3 is 0 Å². The summed E-state index contributed by atoms with van der Waals surface area (Å²) in [6.07, 6.45) is 1.48. The number of amides is 1. The third-order valence-corrected chi connectivity index (χ3v) is 2.09. The van der Waals surface area contributed by atoms with Gasteiger partial charge in [0.2, 0.25) is 0 Å². The maximum Gasteiger partial charge on any atom is 0.262 e. The van der Waals surface area contributed by atoms with Crippen LogP contribution >= 0.6 is 0 Å². The highest BCUT2D eigenvalue weighted by Crippen LogP contribution is 2.13. The second-order valence-corrected chi connectivity index (χ2v) is 3.61. The number of benzene rings is 1. The van der Waals surface area contributed by atoms with Crippen molar-refractivity contribution >= 4 is 17.7 Å². The molecule has 0 aliphatic carbocycles. The van der Waals surface area contributed by atoms with Gasteiger partial charge < -0.3 is 5.32 Å². The molecule has 4 nitrogen and oxygen atoms in total. The number of anilines is 1.